The number of rotatable bonds is 5. The molecule has 98 valence electrons. The fraction of sp³-hybridized carbons (Fsp3) is 0.385. The summed E-state index contributed by atoms with van der Waals surface area (Å²) in [6.07, 6.45) is 0. The average Bonchev–Trinajstić information content (AvgIpc) is 2.35. The molecule has 0 fully saturated rings. The van der Waals surface area contributed by atoms with Crippen molar-refractivity contribution >= 4 is 17.5 Å². The van der Waals surface area contributed by atoms with Crippen LogP contribution in [0.15, 0.2) is 24.3 Å². The minimum absolute atomic E-state index is 0.0162. The number of anilines is 1. The highest BCUT2D eigenvalue weighted by atomic mass is 16.5. The van der Waals surface area contributed by atoms with Gasteiger partial charge in [0.05, 0.1) is 0 Å². The van der Waals surface area contributed by atoms with Gasteiger partial charge in [0.25, 0.3) is 5.91 Å². The van der Waals surface area contributed by atoms with E-state index in [2.05, 4.69) is 5.32 Å². The molecule has 18 heavy (non-hydrogen) atoms. The van der Waals surface area contributed by atoms with E-state index in [0.29, 0.717) is 17.9 Å². The first-order chi connectivity index (χ1) is 8.54. The predicted octanol–water partition coefficient (Wildman–Crippen LogP) is 1.36. The summed E-state index contributed by atoms with van der Waals surface area (Å²) >= 11 is 0. The fourth-order valence-electron chi connectivity index (χ4n) is 1.38. The van der Waals surface area contributed by atoms with Gasteiger partial charge in [-0.3, -0.25) is 9.59 Å². The van der Waals surface area contributed by atoms with E-state index in [9.17, 15) is 9.59 Å². The van der Waals surface area contributed by atoms with Gasteiger partial charge in [-0.15, -0.1) is 0 Å². The largest absolute Gasteiger partial charge is 0.372 e. The number of hydrogen-bond donors (Lipinski definition) is 1. The first kappa shape index (κ1) is 14.2. The minimum atomic E-state index is -0.230. The highest BCUT2D eigenvalue weighted by molar-refractivity contribution is 5.97. The van der Waals surface area contributed by atoms with Crippen molar-refractivity contribution in [3.05, 3.63) is 29.8 Å². The molecular weight excluding hydrogens is 232 g/mol. The number of carbonyl (C=O) groups excluding carboxylic acids is 2. The van der Waals surface area contributed by atoms with E-state index in [4.69, 9.17) is 4.74 Å². The summed E-state index contributed by atoms with van der Waals surface area (Å²) in [6.45, 7) is 2.33. The number of carbonyl (C=O) groups is 2. The van der Waals surface area contributed by atoms with Crippen molar-refractivity contribution < 1.29 is 14.3 Å². The van der Waals surface area contributed by atoms with Gasteiger partial charge in [0.1, 0.15) is 6.61 Å². The van der Waals surface area contributed by atoms with Gasteiger partial charge >= 0.3 is 0 Å². The van der Waals surface area contributed by atoms with Crippen molar-refractivity contribution in [1.29, 1.82) is 0 Å². The number of nitrogens with zero attached hydrogens (tertiary/aromatic N) is 1. The number of benzene rings is 1. The summed E-state index contributed by atoms with van der Waals surface area (Å²) in [6, 6.07) is 6.82. The van der Waals surface area contributed by atoms with Gasteiger partial charge in [-0.1, -0.05) is 6.07 Å². The Morgan fingerprint density at radius 3 is 2.67 bits per heavy atom. The van der Waals surface area contributed by atoms with E-state index >= 15 is 0 Å². The van der Waals surface area contributed by atoms with Crippen LogP contribution in [0.2, 0.25) is 0 Å². The number of amides is 2. The third-order valence-corrected chi connectivity index (χ3v) is 2.24. The highest BCUT2D eigenvalue weighted by Gasteiger charge is 2.09. The Morgan fingerprint density at radius 1 is 1.33 bits per heavy atom. The minimum Gasteiger partial charge on any atom is -0.372 e. The summed E-state index contributed by atoms with van der Waals surface area (Å²) in [5.41, 5.74) is 1.13. The Balaban J connectivity index is 2.70. The summed E-state index contributed by atoms with van der Waals surface area (Å²) in [5.74, 6) is -0.331. The topological polar surface area (TPSA) is 58.6 Å². The van der Waals surface area contributed by atoms with Gasteiger partial charge in [0, 0.05) is 32.0 Å². The summed E-state index contributed by atoms with van der Waals surface area (Å²) in [4.78, 5) is 24.7. The number of ether oxygens (including phenoxy) is 1. The predicted molar refractivity (Wildman–Crippen MR) is 69.6 cm³/mol. The van der Waals surface area contributed by atoms with Gasteiger partial charge in [0.2, 0.25) is 5.91 Å². The molecule has 1 rings (SSSR count). The lowest BCUT2D eigenvalue weighted by Gasteiger charge is -2.11. The van der Waals surface area contributed by atoms with Crippen molar-refractivity contribution in [3.63, 3.8) is 0 Å². The SMILES string of the molecule is CCOCC(=O)Nc1cccc(C(=O)N(C)C)c1. The maximum atomic E-state index is 11.7. The van der Waals surface area contributed by atoms with Gasteiger partial charge in [-0.05, 0) is 25.1 Å². The first-order valence-electron chi connectivity index (χ1n) is 5.74. The van der Waals surface area contributed by atoms with Crippen LogP contribution in [0, 0.1) is 0 Å². The fourth-order valence-corrected chi connectivity index (χ4v) is 1.38. The molecule has 0 saturated heterocycles. The molecule has 0 saturated carbocycles. The van der Waals surface area contributed by atoms with Gasteiger partial charge in [-0.2, -0.15) is 0 Å². The van der Waals surface area contributed by atoms with Crippen LogP contribution >= 0.6 is 0 Å². The molecule has 1 aromatic rings. The summed E-state index contributed by atoms with van der Waals surface area (Å²) < 4.78 is 5.00. The first-order valence-corrected chi connectivity index (χ1v) is 5.74. The van der Waals surface area contributed by atoms with Crippen LogP contribution in [0.5, 0.6) is 0 Å². The van der Waals surface area contributed by atoms with Crippen LogP contribution < -0.4 is 5.32 Å². The van der Waals surface area contributed by atoms with E-state index in [-0.39, 0.29) is 18.4 Å². The highest BCUT2D eigenvalue weighted by Crippen LogP contribution is 2.11. The third-order valence-electron chi connectivity index (χ3n) is 2.24. The van der Waals surface area contributed by atoms with Crippen LogP contribution in [0.1, 0.15) is 17.3 Å². The zero-order valence-electron chi connectivity index (χ0n) is 10.9. The molecule has 0 aliphatic heterocycles. The Bertz CT molecular complexity index is 430. The van der Waals surface area contributed by atoms with Gasteiger partial charge < -0.3 is 15.0 Å². The van der Waals surface area contributed by atoms with Crippen molar-refractivity contribution in [2.75, 3.05) is 32.6 Å². The second-order valence-corrected chi connectivity index (χ2v) is 3.97. The Kier molecular flexibility index (Phi) is 5.32. The van der Waals surface area contributed by atoms with E-state index in [1.165, 1.54) is 4.90 Å². The molecule has 0 spiro atoms. The molecular formula is C13H18N2O3. The van der Waals surface area contributed by atoms with Crippen LogP contribution in [0.4, 0.5) is 5.69 Å². The molecule has 0 aliphatic carbocycles. The Morgan fingerprint density at radius 2 is 2.06 bits per heavy atom. The maximum Gasteiger partial charge on any atom is 0.253 e. The van der Waals surface area contributed by atoms with E-state index in [1.54, 1.807) is 38.4 Å². The maximum absolute atomic E-state index is 11.7. The summed E-state index contributed by atoms with van der Waals surface area (Å²) in [5, 5.41) is 2.68. The lowest BCUT2D eigenvalue weighted by molar-refractivity contribution is -0.120. The molecule has 0 bridgehead atoms. The Labute approximate surface area is 107 Å². The molecule has 0 radical (unpaired) electrons. The van der Waals surface area contributed by atoms with Crippen molar-refractivity contribution in [3.8, 4) is 0 Å². The zero-order valence-corrected chi connectivity index (χ0v) is 10.9. The molecule has 1 N–H and O–H groups in total. The van der Waals surface area contributed by atoms with Crippen LogP contribution in [-0.4, -0.2) is 44.0 Å². The van der Waals surface area contributed by atoms with Crippen molar-refractivity contribution in [2.45, 2.75) is 6.92 Å². The second-order valence-electron chi connectivity index (χ2n) is 3.97. The molecule has 5 nitrogen and oxygen atoms in total. The second kappa shape index (κ2) is 6.76. The molecule has 0 atom stereocenters. The molecule has 0 aliphatic rings. The third kappa shape index (κ3) is 4.18. The monoisotopic (exact) mass is 250 g/mol. The van der Waals surface area contributed by atoms with E-state index in [1.807, 2.05) is 6.92 Å². The average molecular weight is 250 g/mol. The van der Waals surface area contributed by atoms with Crippen LogP contribution in [0.25, 0.3) is 0 Å². The summed E-state index contributed by atoms with van der Waals surface area (Å²) in [7, 11) is 3.37. The smallest absolute Gasteiger partial charge is 0.253 e. The molecule has 0 heterocycles. The lowest BCUT2D eigenvalue weighted by Crippen LogP contribution is -2.22. The van der Waals surface area contributed by atoms with Crippen molar-refractivity contribution in [2.24, 2.45) is 0 Å². The van der Waals surface area contributed by atoms with Crippen molar-refractivity contribution in [1.82, 2.24) is 4.90 Å². The van der Waals surface area contributed by atoms with Crippen LogP contribution in [0.3, 0.4) is 0 Å². The zero-order chi connectivity index (χ0) is 13.5. The number of nitrogens with one attached hydrogen (secondary N) is 1. The van der Waals surface area contributed by atoms with Gasteiger partial charge in [-0.25, -0.2) is 0 Å². The van der Waals surface area contributed by atoms with E-state index in [0.717, 1.165) is 0 Å². The van der Waals surface area contributed by atoms with E-state index < -0.39 is 0 Å². The number of hydrogen-bond acceptors (Lipinski definition) is 3. The van der Waals surface area contributed by atoms with Gasteiger partial charge in [0.15, 0.2) is 0 Å². The molecule has 0 aromatic heterocycles. The quantitative estimate of drug-likeness (QED) is 0.858. The Hall–Kier alpha value is -1.88. The van der Waals surface area contributed by atoms with Crippen LogP contribution in [-0.2, 0) is 9.53 Å². The normalized spacial score (nSPS) is 9.94. The lowest BCUT2D eigenvalue weighted by atomic mass is 10.2. The molecule has 1 aromatic carbocycles. The molecule has 2 amide bonds. The standard InChI is InChI=1S/C13H18N2O3/c1-4-18-9-12(16)14-11-7-5-6-10(8-11)13(17)15(2)3/h5-8H,4,9H2,1-3H3,(H,14,16). The molecule has 5 heteroatoms. The molecule has 0 unspecified atom stereocenters.